The zero-order chi connectivity index (χ0) is 25.0. The minimum absolute atomic E-state index is 0.185. The molecule has 7 nitrogen and oxygen atoms in total. The van der Waals surface area contributed by atoms with Gasteiger partial charge in [0.15, 0.2) is 0 Å². The Labute approximate surface area is 211 Å². The first-order chi connectivity index (χ1) is 17.7. The number of hydrogen-bond acceptors (Lipinski definition) is 7. The van der Waals surface area contributed by atoms with Crippen LogP contribution in [0.3, 0.4) is 0 Å². The summed E-state index contributed by atoms with van der Waals surface area (Å²) in [5.74, 6) is -0.538. The SMILES string of the molecule is COCC(=O)O[C@@H]1O[C@H](COCc2ccccc2)[C@@H](OCc2ccccc2)[C@H]1OCc1ccccc1. The fourth-order valence-corrected chi connectivity index (χ4v) is 3.98. The largest absolute Gasteiger partial charge is 0.431 e. The molecule has 0 unspecified atom stereocenters. The first kappa shape index (κ1) is 26.0. The Morgan fingerprint density at radius 1 is 0.722 bits per heavy atom. The number of esters is 1. The van der Waals surface area contributed by atoms with E-state index >= 15 is 0 Å². The fraction of sp³-hybridized carbons (Fsp3) is 0.345. The molecule has 1 fully saturated rings. The number of rotatable bonds is 13. The van der Waals surface area contributed by atoms with Gasteiger partial charge in [-0.2, -0.15) is 0 Å². The van der Waals surface area contributed by atoms with Crippen LogP contribution >= 0.6 is 0 Å². The van der Waals surface area contributed by atoms with Crippen LogP contribution in [0.25, 0.3) is 0 Å². The van der Waals surface area contributed by atoms with Crippen molar-refractivity contribution >= 4 is 5.97 Å². The zero-order valence-electron chi connectivity index (χ0n) is 20.4. The van der Waals surface area contributed by atoms with Crippen molar-refractivity contribution in [3.05, 3.63) is 108 Å². The Morgan fingerprint density at radius 3 is 1.75 bits per heavy atom. The Balaban J connectivity index is 1.49. The predicted molar refractivity (Wildman–Crippen MR) is 133 cm³/mol. The summed E-state index contributed by atoms with van der Waals surface area (Å²) < 4.78 is 35.2. The number of carbonyl (C=O) groups is 1. The standard InChI is InChI=1S/C29H32O7/c1-31-21-26(30)36-29-28(34-19-24-15-9-4-10-16-24)27(33-18-23-13-7-3-8-14-23)25(35-29)20-32-17-22-11-5-2-6-12-22/h2-16,25,27-29H,17-21H2,1H3/t25-,27-,28-,29+/m1/s1. The van der Waals surface area contributed by atoms with E-state index in [0.717, 1.165) is 16.7 Å². The molecule has 0 bridgehead atoms. The molecule has 0 aliphatic carbocycles. The molecule has 0 N–H and O–H groups in total. The average Bonchev–Trinajstić information content (AvgIpc) is 3.23. The number of benzene rings is 3. The molecule has 7 heteroatoms. The van der Waals surface area contributed by atoms with E-state index in [0.29, 0.717) is 19.8 Å². The molecule has 0 spiro atoms. The van der Waals surface area contributed by atoms with Crippen LogP contribution in [0.15, 0.2) is 91.0 Å². The first-order valence-electron chi connectivity index (χ1n) is 12.0. The molecule has 0 amide bonds. The molecule has 1 saturated heterocycles. The monoisotopic (exact) mass is 492 g/mol. The van der Waals surface area contributed by atoms with Crippen LogP contribution in [0.5, 0.6) is 0 Å². The van der Waals surface area contributed by atoms with Crippen molar-refractivity contribution in [2.45, 2.75) is 44.4 Å². The smallest absolute Gasteiger partial charge is 0.334 e. The molecule has 0 radical (unpaired) electrons. The van der Waals surface area contributed by atoms with Crippen molar-refractivity contribution < 1.29 is 33.2 Å². The van der Waals surface area contributed by atoms with Crippen LogP contribution < -0.4 is 0 Å². The van der Waals surface area contributed by atoms with Crippen LogP contribution in [-0.2, 0) is 53.0 Å². The average molecular weight is 493 g/mol. The highest BCUT2D eigenvalue weighted by Gasteiger charge is 2.48. The fourth-order valence-electron chi connectivity index (χ4n) is 3.98. The molecule has 1 heterocycles. The molecule has 3 aromatic rings. The van der Waals surface area contributed by atoms with Crippen molar-refractivity contribution in [1.29, 1.82) is 0 Å². The third kappa shape index (κ3) is 7.71. The van der Waals surface area contributed by atoms with Gasteiger partial charge in [-0.1, -0.05) is 91.0 Å². The molecule has 3 aromatic carbocycles. The third-order valence-electron chi connectivity index (χ3n) is 5.74. The lowest BCUT2D eigenvalue weighted by Crippen LogP contribution is -2.40. The predicted octanol–water partition coefficient (Wildman–Crippen LogP) is 4.29. The molecule has 36 heavy (non-hydrogen) atoms. The highest BCUT2D eigenvalue weighted by molar-refractivity contribution is 5.70. The normalized spacial score (nSPS) is 21.4. The molecule has 4 rings (SSSR count). The van der Waals surface area contributed by atoms with E-state index in [2.05, 4.69) is 0 Å². The molecular formula is C29H32O7. The maximum Gasteiger partial charge on any atom is 0.334 e. The summed E-state index contributed by atoms with van der Waals surface area (Å²) in [4.78, 5) is 12.3. The van der Waals surface area contributed by atoms with E-state index in [-0.39, 0.29) is 13.2 Å². The highest BCUT2D eigenvalue weighted by Crippen LogP contribution is 2.30. The summed E-state index contributed by atoms with van der Waals surface area (Å²) in [6.45, 7) is 1.16. The lowest BCUT2D eigenvalue weighted by atomic mass is 10.1. The van der Waals surface area contributed by atoms with Gasteiger partial charge in [0.2, 0.25) is 6.29 Å². The van der Waals surface area contributed by atoms with E-state index in [1.54, 1.807) is 0 Å². The van der Waals surface area contributed by atoms with Gasteiger partial charge in [0, 0.05) is 7.11 Å². The molecule has 190 valence electrons. The summed E-state index contributed by atoms with van der Waals surface area (Å²) in [6.07, 6.45) is -2.63. The molecule has 4 atom stereocenters. The number of ether oxygens (including phenoxy) is 6. The molecule has 0 aromatic heterocycles. The van der Waals surface area contributed by atoms with Crippen LogP contribution in [0.2, 0.25) is 0 Å². The minimum Gasteiger partial charge on any atom is -0.431 e. The quantitative estimate of drug-likeness (QED) is 0.330. The Hall–Kier alpha value is -3.07. The summed E-state index contributed by atoms with van der Waals surface area (Å²) in [6, 6.07) is 29.6. The van der Waals surface area contributed by atoms with Crippen molar-refractivity contribution in [1.82, 2.24) is 0 Å². The zero-order valence-corrected chi connectivity index (χ0v) is 20.4. The van der Waals surface area contributed by atoms with E-state index < -0.39 is 30.6 Å². The minimum atomic E-state index is -0.956. The second-order valence-electron chi connectivity index (χ2n) is 8.49. The van der Waals surface area contributed by atoms with E-state index in [4.69, 9.17) is 28.4 Å². The second kappa shape index (κ2) is 13.9. The van der Waals surface area contributed by atoms with E-state index in [1.807, 2.05) is 91.0 Å². The van der Waals surface area contributed by atoms with Gasteiger partial charge in [0.1, 0.15) is 24.9 Å². The van der Waals surface area contributed by atoms with E-state index in [1.165, 1.54) is 7.11 Å². The molecule has 1 aliphatic rings. The van der Waals surface area contributed by atoms with Gasteiger partial charge in [-0.05, 0) is 16.7 Å². The Bertz CT molecular complexity index is 1030. The summed E-state index contributed by atoms with van der Waals surface area (Å²) in [7, 11) is 1.44. The van der Waals surface area contributed by atoms with Gasteiger partial charge >= 0.3 is 5.97 Å². The van der Waals surface area contributed by atoms with Gasteiger partial charge in [-0.3, -0.25) is 0 Å². The van der Waals surface area contributed by atoms with Gasteiger partial charge in [-0.15, -0.1) is 0 Å². The highest BCUT2D eigenvalue weighted by atomic mass is 16.7. The van der Waals surface area contributed by atoms with Crippen molar-refractivity contribution in [3.8, 4) is 0 Å². The molecule has 1 aliphatic heterocycles. The topological polar surface area (TPSA) is 72.5 Å². The Morgan fingerprint density at radius 2 is 1.22 bits per heavy atom. The summed E-state index contributed by atoms with van der Waals surface area (Å²) in [5.41, 5.74) is 3.06. The summed E-state index contributed by atoms with van der Waals surface area (Å²) in [5, 5.41) is 0. The van der Waals surface area contributed by atoms with Crippen LogP contribution in [0, 0.1) is 0 Å². The first-order valence-corrected chi connectivity index (χ1v) is 12.0. The van der Waals surface area contributed by atoms with Gasteiger partial charge in [0.25, 0.3) is 0 Å². The van der Waals surface area contributed by atoms with Gasteiger partial charge in [-0.25, -0.2) is 4.79 Å². The second-order valence-corrected chi connectivity index (χ2v) is 8.49. The maximum atomic E-state index is 12.3. The maximum absolute atomic E-state index is 12.3. The van der Waals surface area contributed by atoms with Gasteiger partial charge < -0.3 is 28.4 Å². The van der Waals surface area contributed by atoms with Gasteiger partial charge in [0.05, 0.1) is 26.4 Å². The van der Waals surface area contributed by atoms with Crippen LogP contribution in [0.4, 0.5) is 0 Å². The van der Waals surface area contributed by atoms with Crippen LogP contribution in [0.1, 0.15) is 16.7 Å². The van der Waals surface area contributed by atoms with Crippen molar-refractivity contribution in [2.24, 2.45) is 0 Å². The lowest BCUT2D eigenvalue weighted by Gasteiger charge is -2.24. The molecular weight excluding hydrogens is 460 g/mol. The summed E-state index contributed by atoms with van der Waals surface area (Å²) >= 11 is 0. The Kier molecular flexibility index (Phi) is 10.0. The third-order valence-corrected chi connectivity index (χ3v) is 5.74. The number of hydrogen-bond donors (Lipinski definition) is 0. The van der Waals surface area contributed by atoms with E-state index in [9.17, 15) is 4.79 Å². The molecule has 0 saturated carbocycles. The van der Waals surface area contributed by atoms with Crippen molar-refractivity contribution in [3.63, 3.8) is 0 Å². The van der Waals surface area contributed by atoms with Crippen molar-refractivity contribution in [2.75, 3.05) is 20.3 Å². The number of carbonyl (C=O) groups excluding carboxylic acids is 1. The lowest BCUT2D eigenvalue weighted by molar-refractivity contribution is -0.200. The van der Waals surface area contributed by atoms with Crippen LogP contribution in [-0.4, -0.2) is 50.9 Å². The number of methoxy groups -OCH3 is 1.